The third kappa shape index (κ3) is 4.13. The van der Waals surface area contributed by atoms with Gasteiger partial charge < -0.3 is 20.1 Å². The summed E-state index contributed by atoms with van der Waals surface area (Å²) < 4.78 is 56.8. The lowest BCUT2D eigenvalue weighted by atomic mass is 9.92. The van der Waals surface area contributed by atoms with Crippen LogP contribution < -0.4 is 5.32 Å². The zero-order valence-electron chi connectivity index (χ0n) is 16.7. The zero-order chi connectivity index (χ0) is 23.0. The molecule has 3 N–H and O–H groups in total. The highest BCUT2D eigenvalue weighted by atomic mass is 19.4. The Morgan fingerprint density at radius 1 is 1.19 bits per heavy atom. The Balaban J connectivity index is 2.17. The van der Waals surface area contributed by atoms with E-state index in [0.717, 1.165) is 24.3 Å². The first-order valence-corrected chi connectivity index (χ1v) is 9.51. The molecule has 6 nitrogen and oxygen atoms in total. The van der Waals surface area contributed by atoms with Gasteiger partial charge in [0.05, 0.1) is 17.1 Å². The molecular formula is C21H21F4N3O3. The van der Waals surface area contributed by atoms with Gasteiger partial charge >= 0.3 is 6.18 Å². The van der Waals surface area contributed by atoms with Crippen molar-refractivity contribution in [2.45, 2.75) is 38.3 Å². The number of aromatic nitrogens is 2. The number of amides is 1. The summed E-state index contributed by atoms with van der Waals surface area (Å²) in [5, 5.41) is 22.7. The second-order valence-corrected chi connectivity index (χ2v) is 7.16. The molecular weight excluding hydrogens is 418 g/mol. The van der Waals surface area contributed by atoms with Crippen molar-refractivity contribution < 1.29 is 32.6 Å². The third-order valence-electron chi connectivity index (χ3n) is 4.88. The second kappa shape index (κ2) is 8.27. The van der Waals surface area contributed by atoms with Crippen molar-refractivity contribution in [3.63, 3.8) is 0 Å². The van der Waals surface area contributed by atoms with Crippen LogP contribution in [0, 0.1) is 5.82 Å². The summed E-state index contributed by atoms with van der Waals surface area (Å²) in [6.45, 7) is 3.14. The number of aliphatic hydroxyl groups is 2. The average molecular weight is 439 g/mol. The number of alkyl halides is 3. The maximum Gasteiger partial charge on any atom is 0.428 e. The fraction of sp³-hybridized carbons (Fsp3) is 0.333. The number of halogens is 4. The molecule has 2 atom stereocenters. The number of aryl methyl sites for hydroxylation is 1. The van der Waals surface area contributed by atoms with E-state index in [1.165, 1.54) is 29.7 Å². The van der Waals surface area contributed by atoms with Crippen LogP contribution in [-0.2, 0) is 12.1 Å². The summed E-state index contributed by atoms with van der Waals surface area (Å²) >= 11 is 0. The van der Waals surface area contributed by atoms with Gasteiger partial charge in [0, 0.05) is 24.2 Å². The first-order chi connectivity index (χ1) is 14.5. The zero-order valence-corrected chi connectivity index (χ0v) is 16.7. The highest BCUT2D eigenvalue weighted by Crippen LogP contribution is 2.44. The average Bonchev–Trinajstić information content (AvgIpc) is 3.09. The molecule has 1 unspecified atom stereocenters. The molecule has 2 aromatic carbocycles. The van der Waals surface area contributed by atoms with Crippen LogP contribution in [0.3, 0.4) is 0 Å². The number of benzene rings is 2. The minimum Gasteiger partial charge on any atom is -0.392 e. The van der Waals surface area contributed by atoms with E-state index in [0.29, 0.717) is 0 Å². The van der Waals surface area contributed by atoms with E-state index >= 15 is 0 Å². The molecule has 0 spiro atoms. The number of aliphatic hydroxyl groups excluding tert-OH is 1. The van der Waals surface area contributed by atoms with E-state index in [1.807, 2.05) is 0 Å². The molecule has 0 saturated heterocycles. The topological polar surface area (TPSA) is 87.4 Å². The molecule has 0 aliphatic rings. The summed E-state index contributed by atoms with van der Waals surface area (Å²) in [5.41, 5.74) is -3.58. The molecule has 3 rings (SSSR count). The number of rotatable bonds is 6. The molecule has 0 bridgehead atoms. The van der Waals surface area contributed by atoms with Crippen molar-refractivity contribution in [3.05, 3.63) is 65.2 Å². The highest BCUT2D eigenvalue weighted by Gasteiger charge is 2.59. The standard InChI is InChI=1S/C21H21F4N3O3/c1-3-28-17-9-4-13(18(30)26-11-12(2)29)10-16(17)27-19(28)20(31,21(23,24)25)14-5-7-15(22)8-6-14/h4-10,12,29,31H,3,11H2,1-2H3,(H,26,30)/t12-,20?/m0/s1. The molecule has 0 aliphatic heterocycles. The van der Waals surface area contributed by atoms with Gasteiger partial charge in [-0.15, -0.1) is 0 Å². The lowest BCUT2D eigenvalue weighted by Gasteiger charge is -2.30. The SMILES string of the molecule is CCn1c(C(O)(c2ccc(F)cc2)C(F)(F)F)nc2cc(C(=O)NC[C@H](C)O)ccc21. The Morgan fingerprint density at radius 3 is 2.39 bits per heavy atom. The van der Waals surface area contributed by atoms with E-state index in [4.69, 9.17) is 0 Å². The molecule has 166 valence electrons. The van der Waals surface area contributed by atoms with Crippen LogP contribution in [0.4, 0.5) is 17.6 Å². The number of hydrogen-bond acceptors (Lipinski definition) is 4. The lowest BCUT2D eigenvalue weighted by Crippen LogP contribution is -2.45. The monoisotopic (exact) mass is 439 g/mol. The number of imidazole rings is 1. The Bertz CT molecular complexity index is 1090. The number of carbonyl (C=O) groups is 1. The third-order valence-corrected chi connectivity index (χ3v) is 4.88. The fourth-order valence-corrected chi connectivity index (χ4v) is 3.32. The van der Waals surface area contributed by atoms with E-state index in [1.54, 1.807) is 6.92 Å². The van der Waals surface area contributed by atoms with Gasteiger partial charge in [-0.05, 0) is 44.2 Å². The van der Waals surface area contributed by atoms with Gasteiger partial charge in [-0.3, -0.25) is 4.79 Å². The van der Waals surface area contributed by atoms with Crippen molar-refractivity contribution >= 4 is 16.9 Å². The van der Waals surface area contributed by atoms with Crippen molar-refractivity contribution in [1.82, 2.24) is 14.9 Å². The van der Waals surface area contributed by atoms with Crippen molar-refractivity contribution in [1.29, 1.82) is 0 Å². The summed E-state index contributed by atoms with van der Waals surface area (Å²) in [6.07, 6.45) is -5.92. The molecule has 1 heterocycles. The van der Waals surface area contributed by atoms with E-state index in [9.17, 15) is 32.6 Å². The van der Waals surface area contributed by atoms with E-state index in [2.05, 4.69) is 10.3 Å². The van der Waals surface area contributed by atoms with Crippen LogP contribution in [0.25, 0.3) is 11.0 Å². The first-order valence-electron chi connectivity index (χ1n) is 9.51. The number of fused-ring (bicyclic) bond motifs is 1. The van der Waals surface area contributed by atoms with Crippen molar-refractivity contribution in [2.24, 2.45) is 0 Å². The quantitative estimate of drug-likeness (QED) is 0.515. The smallest absolute Gasteiger partial charge is 0.392 e. The molecule has 0 saturated carbocycles. The predicted octanol–water partition coefficient (Wildman–Crippen LogP) is 3.10. The van der Waals surface area contributed by atoms with Gasteiger partial charge in [0.25, 0.3) is 5.91 Å². The molecule has 1 amide bonds. The largest absolute Gasteiger partial charge is 0.428 e. The van der Waals surface area contributed by atoms with E-state index in [-0.39, 0.29) is 29.7 Å². The number of carbonyl (C=O) groups excluding carboxylic acids is 1. The number of nitrogens with one attached hydrogen (secondary N) is 1. The molecule has 0 aliphatic carbocycles. The second-order valence-electron chi connectivity index (χ2n) is 7.16. The number of hydrogen-bond donors (Lipinski definition) is 3. The number of nitrogens with zero attached hydrogens (tertiary/aromatic N) is 2. The van der Waals surface area contributed by atoms with Crippen LogP contribution in [0.5, 0.6) is 0 Å². The van der Waals surface area contributed by atoms with Gasteiger partial charge in [-0.25, -0.2) is 9.37 Å². The van der Waals surface area contributed by atoms with E-state index < -0.39 is 41.0 Å². The minimum absolute atomic E-state index is 0.00388. The summed E-state index contributed by atoms with van der Waals surface area (Å²) in [5.74, 6) is -1.96. The fourth-order valence-electron chi connectivity index (χ4n) is 3.32. The summed E-state index contributed by atoms with van der Waals surface area (Å²) in [6, 6.07) is 7.54. The molecule has 1 aromatic heterocycles. The van der Waals surface area contributed by atoms with Crippen LogP contribution in [0.2, 0.25) is 0 Å². The van der Waals surface area contributed by atoms with Crippen LogP contribution in [-0.4, -0.2) is 44.5 Å². The maximum atomic E-state index is 14.1. The van der Waals surface area contributed by atoms with Gasteiger partial charge in [0.1, 0.15) is 5.82 Å². The Kier molecular flexibility index (Phi) is 6.06. The first kappa shape index (κ1) is 22.7. The normalized spacial score (nSPS) is 15.0. The van der Waals surface area contributed by atoms with Gasteiger partial charge in [0.2, 0.25) is 5.60 Å². The highest BCUT2D eigenvalue weighted by molar-refractivity contribution is 5.97. The Hall–Kier alpha value is -2.98. The minimum atomic E-state index is -5.16. The predicted molar refractivity (Wildman–Crippen MR) is 105 cm³/mol. The maximum absolute atomic E-state index is 14.1. The van der Waals surface area contributed by atoms with Crippen LogP contribution >= 0.6 is 0 Å². The van der Waals surface area contributed by atoms with Gasteiger partial charge in [-0.2, -0.15) is 13.2 Å². The van der Waals surface area contributed by atoms with Crippen molar-refractivity contribution in [3.8, 4) is 0 Å². The Morgan fingerprint density at radius 2 is 1.84 bits per heavy atom. The Labute approximate surface area is 175 Å². The summed E-state index contributed by atoms with van der Waals surface area (Å²) in [7, 11) is 0. The van der Waals surface area contributed by atoms with Crippen molar-refractivity contribution in [2.75, 3.05) is 6.54 Å². The summed E-state index contributed by atoms with van der Waals surface area (Å²) in [4.78, 5) is 16.3. The van der Waals surface area contributed by atoms with Gasteiger partial charge in [0.15, 0.2) is 5.82 Å². The molecule has 10 heteroatoms. The molecule has 0 fully saturated rings. The van der Waals surface area contributed by atoms with Gasteiger partial charge in [-0.1, -0.05) is 12.1 Å². The molecule has 0 radical (unpaired) electrons. The van der Waals surface area contributed by atoms with Crippen LogP contribution in [0.1, 0.15) is 35.6 Å². The molecule has 31 heavy (non-hydrogen) atoms. The molecule has 3 aromatic rings. The van der Waals surface area contributed by atoms with Crippen LogP contribution in [0.15, 0.2) is 42.5 Å². The lowest BCUT2D eigenvalue weighted by molar-refractivity contribution is -0.252.